The van der Waals surface area contributed by atoms with E-state index in [1.165, 1.54) is 13.0 Å². The molecule has 4 heteroatoms. The molecule has 1 heterocycles. The molecule has 80 valence electrons. The van der Waals surface area contributed by atoms with Crippen LogP contribution < -0.4 is 5.63 Å². The van der Waals surface area contributed by atoms with Crippen LogP contribution in [0.25, 0.3) is 11.3 Å². The summed E-state index contributed by atoms with van der Waals surface area (Å²) in [7, 11) is 0. The number of ketones is 1. The van der Waals surface area contributed by atoms with Gasteiger partial charge in [0, 0.05) is 5.56 Å². The van der Waals surface area contributed by atoms with Crippen LogP contribution in [-0.2, 0) is 0 Å². The molecule has 0 fully saturated rings. The van der Waals surface area contributed by atoms with Gasteiger partial charge in [-0.15, -0.1) is 0 Å². The lowest BCUT2D eigenvalue weighted by Gasteiger charge is -1.99. The van der Waals surface area contributed by atoms with Gasteiger partial charge in [0.1, 0.15) is 11.3 Å². The largest absolute Gasteiger partial charge is 0.369 e. The van der Waals surface area contributed by atoms with Crippen LogP contribution in [0.4, 0.5) is 0 Å². The third-order valence-electron chi connectivity index (χ3n) is 2.18. The van der Waals surface area contributed by atoms with Gasteiger partial charge in [0.05, 0.1) is 0 Å². The smallest absolute Gasteiger partial charge is 0.312 e. The van der Waals surface area contributed by atoms with E-state index in [-0.39, 0.29) is 11.3 Å². The van der Waals surface area contributed by atoms with Gasteiger partial charge >= 0.3 is 5.63 Å². The first-order chi connectivity index (χ1) is 7.68. The number of Topliss-reactive ketones (excluding diaryl/α,β-unsaturated/α-hetero) is 1. The zero-order valence-corrected chi connectivity index (χ0v) is 8.64. The molecule has 2 aromatic rings. The summed E-state index contributed by atoms with van der Waals surface area (Å²) >= 11 is 0. The minimum absolute atomic E-state index is 0.0221. The maximum absolute atomic E-state index is 11.2. The molecule has 1 aromatic carbocycles. The molecule has 0 spiro atoms. The molecule has 0 aliphatic carbocycles. The lowest BCUT2D eigenvalue weighted by molar-refractivity contribution is 0.101. The third kappa shape index (κ3) is 1.91. The van der Waals surface area contributed by atoms with Crippen LogP contribution in [0.1, 0.15) is 17.3 Å². The first-order valence-electron chi connectivity index (χ1n) is 4.76. The maximum atomic E-state index is 11.2. The van der Waals surface area contributed by atoms with E-state index >= 15 is 0 Å². The monoisotopic (exact) mass is 215 g/mol. The molecule has 0 radical (unpaired) electrons. The molecule has 0 amide bonds. The van der Waals surface area contributed by atoms with Gasteiger partial charge in [-0.05, 0) is 13.0 Å². The van der Waals surface area contributed by atoms with Crippen LogP contribution in [0.15, 0.2) is 45.7 Å². The molecular weight excluding hydrogens is 206 g/mol. The molecule has 0 bridgehead atoms. The third-order valence-corrected chi connectivity index (χ3v) is 2.18. The average Bonchev–Trinajstić information content (AvgIpc) is 2.30. The van der Waals surface area contributed by atoms with Gasteiger partial charge in [0.2, 0.25) is 0 Å². The van der Waals surface area contributed by atoms with Gasteiger partial charge in [0.15, 0.2) is 5.78 Å². The normalized spacial score (nSPS) is 10.1. The van der Waals surface area contributed by atoms with Crippen molar-refractivity contribution in [2.24, 2.45) is 0 Å². The maximum Gasteiger partial charge on any atom is 0.369 e. The Kier molecular flexibility index (Phi) is 2.64. The van der Waals surface area contributed by atoms with E-state index < -0.39 is 5.63 Å². The minimum Gasteiger partial charge on any atom is -0.312 e. The van der Waals surface area contributed by atoms with Crippen LogP contribution in [0.2, 0.25) is 0 Å². The van der Waals surface area contributed by atoms with E-state index in [1.54, 1.807) is 0 Å². The van der Waals surface area contributed by atoms with E-state index in [2.05, 4.69) is 9.68 Å². The Morgan fingerprint density at radius 2 is 1.94 bits per heavy atom. The van der Waals surface area contributed by atoms with E-state index in [9.17, 15) is 9.59 Å². The number of benzene rings is 1. The summed E-state index contributed by atoms with van der Waals surface area (Å²) in [6, 6.07) is 10.7. The molecule has 0 N–H and O–H groups in total. The predicted octanol–water partition coefficient (Wildman–Crippen LogP) is 1.90. The molecule has 2 rings (SSSR count). The lowest BCUT2D eigenvalue weighted by atomic mass is 10.1. The van der Waals surface area contributed by atoms with Gasteiger partial charge < -0.3 is 4.52 Å². The topological polar surface area (TPSA) is 60.2 Å². The van der Waals surface area contributed by atoms with Crippen molar-refractivity contribution in [3.05, 3.63) is 52.4 Å². The Morgan fingerprint density at radius 1 is 1.25 bits per heavy atom. The summed E-state index contributed by atoms with van der Waals surface area (Å²) in [5.74, 6) is -0.326. The van der Waals surface area contributed by atoms with Crippen LogP contribution >= 0.6 is 0 Å². The fraction of sp³-hybridized carbons (Fsp3) is 0.0833. The number of hydrogen-bond acceptors (Lipinski definition) is 4. The quantitative estimate of drug-likeness (QED) is 0.718. The van der Waals surface area contributed by atoms with Gasteiger partial charge in [-0.25, -0.2) is 4.79 Å². The first kappa shape index (κ1) is 10.3. The van der Waals surface area contributed by atoms with Crippen molar-refractivity contribution in [3.8, 4) is 11.3 Å². The minimum atomic E-state index is -0.702. The molecule has 1 aromatic heterocycles. The number of carbonyl (C=O) groups excluding carboxylic acids is 1. The molecule has 0 aliphatic heterocycles. The second-order valence-electron chi connectivity index (χ2n) is 3.34. The van der Waals surface area contributed by atoms with E-state index in [1.807, 2.05) is 30.3 Å². The Morgan fingerprint density at radius 3 is 2.56 bits per heavy atom. The Hall–Kier alpha value is -2.23. The Labute approximate surface area is 91.5 Å². The second kappa shape index (κ2) is 4.10. The molecule has 0 unspecified atom stereocenters. The number of hydrogen-bond donors (Lipinski definition) is 0. The first-order valence-corrected chi connectivity index (χ1v) is 4.76. The Bertz CT molecular complexity index is 572. The van der Waals surface area contributed by atoms with Crippen LogP contribution in [0.5, 0.6) is 0 Å². The predicted molar refractivity (Wildman–Crippen MR) is 58.2 cm³/mol. The number of aromatic nitrogens is 1. The summed E-state index contributed by atoms with van der Waals surface area (Å²) in [6.45, 7) is 1.32. The fourth-order valence-electron chi connectivity index (χ4n) is 1.35. The van der Waals surface area contributed by atoms with E-state index in [4.69, 9.17) is 0 Å². The fourth-order valence-corrected chi connectivity index (χ4v) is 1.35. The number of carbonyl (C=O) groups is 1. The number of nitrogens with zero attached hydrogens (tertiary/aromatic N) is 1. The highest BCUT2D eigenvalue weighted by Gasteiger charge is 2.10. The van der Waals surface area contributed by atoms with Gasteiger partial charge in [0.25, 0.3) is 0 Å². The van der Waals surface area contributed by atoms with Crippen molar-refractivity contribution in [3.63, 3.8) is 0 Å². The summed E-state index contributed by atoms with van der Waals surface area (Å²) < 4.78 is 4.58. The van der Waals surface area contributed by atoms with Crippen molar-refractivity contribution in [1.82, 2.24) is 5.16 Å². The molecule has 0 saturated heterocycles. The second-order valence-corrected chi connectivity index (χ2v) is 3.34. The summed E-state index contributed by atoms with van der Waals surface area (Å²) in [6.07, 6.45) is 0. The van der Waals surface area contributed by atoms with Gasteiger partial charge in [-0.1, -0.05) is 35.5 Å². The summed E-state index contributed by atoms with van der Waals surface area (Å²) in [5.41, 5.74) is 0.597. The summed E-state index contributed by atoms with van der Waals surface area (Å²) in [4.78, 5) is 22.4. The average molecular weight is 215 g/mol. The van der Waals surface area contributed by atoms with Gasteiger partial charge in [-0.3, -0.25) is 4.79 Å². The molecule has 0 saturated carbocycles. The van der Waals surface area contributed by atoms with Crippen molar-refractivity contribution in [2.45, 2.75) is 6.92 Å². The highest BCUT2D eigenvalue weighted by Crippen LogP contribution is 2.15. The van der Waals surface area contributed by atoms with Crippen LogP contribution in [-0.4, -0.2) is 10.9 Å². The van der Waals surface area contributed by atoms with Crippen LogP contribution in [0, 0.1) is 0 Å². The van der Waals surface area contributed by atoms with Crippen LogP contribution in [0.3, 0.4) is 0 Å². The van der Waals surface area contributed by atoms with E-state index in [0.29, 0.717) is 5.69 Å². The molecular formula is C12H9NO3. The van der Waals surface area contributed by atoms with E-state index in [0.717, 1.165) is 5.56 Å². The highest BCUT2D eigenvalue weighted by atomic mass is 16.5. The van der Waals surface area contributed by atoms with Crippen molar-refractivity contribution in [1.29, 1.82) is 0 Å². The number of rotatable bonds is 2. The standard InChI is InChI=1S/C12H9NO3/c1-8(14)10-7-11(13-16-12(10)15)9-5-3-2-4-6-9/h2-7H,1H3. The summed E-state index contributed by atoms with van der Waals surface area (Å²) in [5, 5.41) is 3.65. The molecule has 4 nitrogen and oxygen atoms in total. The molecule has 0 aliphatic rings. The SMILES string of the molecule is CC(=O)c1cc(-c2ccccc2)noc1=O. The lowest BCUT2D eigenvalue weighted by Crippen LogP contribution is -2.12. The Balaban J connectivity index is 2.57. The zero-order valence-electron chi connectivity index (χ0n) is 8.64. The zero-order chi connectivity index (χ0) is 11.5. The highest BCUT2D eigenvalue weighted by molar-refractivity contribution is 5.94. The molecule has 0 atom stereocenters. The van der Waals surface area contributed by atoms with Crippen molar-refractivity contribution in [2.75, 3.05) is 0 Å². The van der Waals surface area contributed by atoms with Crippen molar-refractivity contribution < 1.29 is 9.32 Å². The van der Waals surface area contributed by atoms with Gasteiger partial charge in [-0.2, -0.15) is 0 Å². The molecule has 16 heavy (non-hydrogen) atoms. The van der Waals surface area contributed by atoms with Crippen molar-refractivity contribution >= 4 is 5.78 Å².